The average molecular weight is 289 g/mol. The Kier molecular flexibility index (Phi) is 5.37. The SMILES string of the molecule is COc1cccc(CNC(=O)CSc2ncccn2)c1. The molecule has 20 heavy (non-hydrogen) atoms. The number of ether oxygens (including phenoxy) is 1. The molecule has 104 valence electrons. The molecule has 6 heteroatoms. The number of rotatable bonds is 6. The van der Waals surface area contributed by atoms with Crippen molar-refractivity contribution in [2.24, 2.45) is 0 Å². The first-order valence-electron chi connectivity index (χ1n) is 6.07. The lowest BCUT2D eigenvalue weighted by atomic mass is 10.2. The number of carbonyl (C=O) groups excluding carboxylic acids is 1. The van der Waals surface area contributed by atoms with Crippen LogP contribution >= 0.6 is 11.8 Å². The molecule has 0 saturated carbocycles. The zero-order chi connectivity index (χ0) is 14.2. The number of aromatic nitrogens is 2. The fourth-order valence-electron chi connectivity index (χ4n) is 1.52. The molecule has 1 amide bonds. The van der Waals surface area contributed by atoms with E-state index in [-0.39, 0.29) is 5.91 Å². The number of nitrogens with zero attached hydrogens (tertiary/aromatic N) is 2. The van der Waals surface area contributed by atoms with Gasteiger partial charge in [0.15, 0.2) is 5.16 Å². The number of carbonyl (C=O) groups is 1. The van der Waals surface area contributed by atoms with Crippen molar-refractivity contribution in [1.29, 1.82) is 0 Å². The summed E-state index contributed by atoms with van der Waals surface area (Å²) in [4.78, 5) is 19.8. The first-order valence-corrected chi connectivity index (χ1v) is 7.06. The maximum absolute atomic E-state index is 11.7. The minimum absolute atomic E-state index is 0.0507. The van der Waals surface area contributed by atoms with Crippen molar-refractivity contribution in [3.63, 3.8) is 0 Å². The summed E-state index contributed by atoms with van der Waals surface area (Å²) in [5.41, 5.74) is 0.999. The molecule has 2 rings (SSSR count). The molecule has 0 aliphatic carbocycles. The molecular formula is C14H15N3O2S. The van der Waals surface area contributed by atoms with Crippen molar-refractivity contribution in [1.82, 2.24) is 15.3 Å². The van der Waals surface area contributed by atoms with Gasteiger partial charge in [0.2, 0.25) is 5.91 Å². The van der Waals surface area contributed by atoms with Crippen molar-refractivity contribution >= 4 is 17.7 Å². The van der Waals surface area contributed by atoms with Crippen LogP contribution in [0.25, 0.3) is 0 Å². The molecule has 0 aliphatic rings. The number of hydrogen-bond donors (Lipinski definition) is 1. The molecule has 1 N–H and O–H groups in total. The van der Waals surface area contributed by atoms with Crippen LogP contribution in [0.5, 0.6) is 5.75 Å². The van der Waals surface area contributed by atoms with Gasteiger partial charge < -0.3 is 10.1 Å². The highest BCUT2D eigenvalue weighted by Gasteiger charge is 2.04. The molecule has 5 nitrogen and oxygen atoms in total. The van der Waals surface area contributed by atoms with Crippen LogP contribution in [0.2, 0.25) is 0 Å². The van der Waals surface area contributed by atoms with E-state index in [0.717, 1.165) is 11.3 Å². The predicted molar refractivity (Wildman–Crippen MR) is 77.6 cm³/mol. The number of benzene rings is 1. The van der Waals surface area contributed by atoms with Gasteiger partial charge in [0, 0.05) is 18.9 Å². The Hall–Kier alpha value is -2.08. The molecule has 2 aromatic rings. The van der Waals surface area contributed by atoms with Crippen molar-refractivity contribution in [3.8, 4) is 5.75 Å². The fraction of sp³-hybridized carbons (Fsp3) is 0.214. The molecule has 0 aliphatic heterocycles. The quantitative estimate of drug-likeness (QED) is 0.650. The second kappa shape index (κ2) is 7.49. The Morgan fingerprint density at radius 2 is 2.10 bits per heavy atom. The summed E-state index contributed by atoms with van der Waals surface area (Å²) in [5, 5.41) is 3.45. The number of thioether (sulfide) groups is 1. The summed E-state index contributed by atoms with van der Waals surface area (Å²) in [5.74, 6) is 1.03. The van der Waals surface area contributed by atoms with Crippen LogP contribution in [0.4, 0.5) is 0 Å². The molecule has 0 fully saturated rings. The molecule has 0 radical (unpaired) electrons. The molecular weight excluding hydrogens is 274 g/mol. The molecule has 0 bridgehead atoms. The van der Waals surface area contributed by atoms with Crippen LogP contribution < -0.4 is 10.1 Å². The van der Waals surface area contributed by atoms with Gasteiger partial charge in [-0.2, -0.15) is 0 Å². The normalized spacial score (nSPS) is 10.1. The lowest BCUT2D eigenvalue weighted by Gasteiger charge is -2.06. The maximum atomic E-state index is 11.7. The van der Waals surface area contributed by atoms with E-state index in [1.807, 2.05) is 24.3 Å². The first-order chi connectivity index (χ1) is 9.78. The van der Waals surface area contributed by atoms with Gasteiger partial charge in [-0.15, -0.1) is 0 Å². The van der Waals surface area contributed by atoms with Crippen LogP contribution in [0.1, 0.15) is 5.56 Å². The van der Waals surface area contributed by atoms with Gasteiger partial charge in [-0.1, -0.05) is 23.9 Å². The summed E-state index contributed by atoms with van der Waals surface area (Å²) in [6, 6.07) is 9.34. The minimum atomic E-state index is -0.0507. The van der Waals surface area contributed by atoms with Crippen LogP contribution in [0, 0.1) is 0 Å². The number of amides is 1. The number of methoxy groups -OCH3 is 1. The second-order valence-electron chi connectivity index (χ2n) is 3.95. The van der Waals surface area contributed by atoms with Crippen molar-refractivity contribution < 1.29 is 9.53 Å². The third-order valence-corrected chi connectivity index (χ3v) is 3.37. The fourth-order valence-corrected chi connectivity index (χ4v) is 2.16. The maximum Gasteiger partial charge on any atom is 0.230 e. The highest BCUT2D eigenvalue weighted by atomic mass is 32.2. The van der Waals surface area contributed by atoms with Gasteiger partial charge in [-0.3, -0.25) is 4.79 Å². The average Bonchev–Trinajstić information content (AvgIpc) is 2.52. The zero-order valence-electron chi connectivity index (χ0n) is 11.1. The Bertz CT molecular complexity index is 563. The van der Waals surface area contributed by atoms with Crippen molar-refractivity contribution in [3.05, 3.63) is 48.3 Å². The largest absolute Gasteiger partial charge is 0.497 e. The van der Waals surface area contributed by atoms with Crippen LogP contribution in [0.15, 0.2) is 47.9 Å². The topological polar surface area (TPSA) is 64.1 Å². The van der Waals surface area contributed by atoms with Gasteiger partial charge in [-0.05, 0) is 23.8 Å². The predicted octanol–water partition coefficient (Wildman–Crippen LogP) is 1.89. The van der Waals surface area contributed by atoms with Gasteiger partial charge in [0.1, 0.15) is 5.75 Å². The van der Waals surface area contributed by atoms with E-state index in [2.05, 4.69) is 15.3 Å². The molecule has 0 atom stereocenters. The highest BCUT2D eigenvalue weighted by molar-refractivity contribution is 7.99. The summed E-state index contributed by atoms with van der Waals surface area (Å²) in [6.45, 7) is 0.478. The zero-order valence-corrected chi connectivity index (χ0v) is 11.9. The van der Waals surface area contributed by atoms with E-state index in [1.165, 1.54) is 11.8 Å². The smallest absolute Gasteiger partial charge is 0.230 e. The molecule has 1 aromatic heterocycles. The molecule has 1 heterocycles. The van der Waals surface area contributed by atoms with Gasteiger partial charge in [0.05, 0.1) is 12.9 Å². The van der Waals surface area contributed by atoms with Gasteiger partial charge in [0.25, 0.3) is 0 Å². The van der Waals surface area contributed by atoms with Crippen molar-refractivity contribution in [2.75, 3.05) is 12.9 Å². The Morgan fingerprint density at radius 1 is 1.30 bits per heavy atom. The van der Waals surface area contributed by atoms with E-state index < -0.39 is 0 Å². The Morgan fingerprint density at radius 3 is 2.85 bits per heavy atom. The Labute approximate surface area is 121 Å². The third-order valence-electron chi connectivity index (χ3n) is 2.50. The molecule has 1 aromatic carbocycles. The van der Waals surface area contributed by atoms with E-state index in [1.54, 1.807) is 25.6 Å². The van der Waals surface area contributed by atoms with Crippen molar-refractivity contribution in [2.45, 2.75) is 11.7 Å². The Balaban J connectivity index is 1.77. The second-order valence-corrected chi connectivity index (χ2v) is 4.89. The lowest BCUT2D eigenvalue weighted by Crippen LogP contribution is -2.24. The van der Waals surface area contributed by atoms with Gasteiger partial charge in [-0.25, -0.2) is 9.97 Å². The van der Waals surface area contributed by atoms with E-state index in [4.69, 9.17) is 4.74 Å². The van der Waals surface area contributed by atoms with E-state index >= 15 is 0 Å². The molecule has 0 saturated heterocycles. The van der Waals surface area contributed by atoms with Crippen LogP contribution in [-0.4, -0.2) is 28.7 Å². The van der Waals surface area contributed by atoms with E-state index in [0.29, 0.717) is 17.5 Å². The third kappa shape index (κ3) is 4.55. The van der Waals surface area contributed by atoms with Gasteiger partial charge >= 0.3 is 0 Å². The minimum Gasteiger partial charge on any atom is -0.497 e. The monoisotopic (exact) mass is 289 g/mol. The van der Waals surface area contributed by atoms with E-state index in [9.17, 15) is 4.79 Å². The summed E-state index contributed by atoms with van der Waals surface area (Å²) in [7, 11) is 1.62. The molecule has 0 unspecified atom stereocenters. The number of nitrogens with one attached hydrogen (secondary N) is 1. The summed E-state index contributed by atoms with van der Waals surface area (Å²) in [6.07, 6.45) is 3.31. The summed E-state index contributed by atoms with van der Waals surface area (Å²) >= 11 is 1.31. The number of hydrogen-bond acceptors (Lipinski definition) is 5. The van der Waals surface area contributed by atoms with Crippen LogP contribution in [0.3, 0.4) is 0 Å². The van der Waals surface area contributed by atoms with Crippen LogP contribution in [-0.2, 0) is 11.3 Å². The first kappa shape index (κ1) is 14.3. The standard InChI is InChI=1S/C14H15N3O2S/c1-19-12-5-2-4-11(8-12)9-17-13(18)10-20-14-15-6-3-7-16-14/h2-8H,9-10H2,1H3,(H,17,18). The summed E-state index contributed by atoms with van der Waals surface area (Å²) < 4.78 is 5.13. The highest BCUT2D eigenvalue weighted by Crippen LogP contribution is 2.13. The molecule has 0 spiro atoms. The lowest BCUT2D eigenvalue weighted by molar-refractivity contribution is -0.118.